The molecule has 0 saturated heterocycles. The molecule has 0 heterocycles. The van der Waals surface area contributed by atoms with Crippen LogP contribution in [0.5, 0.6) is 0 Å². The molecule has 0 aromatic carbocycles. The molecule has 0 unspecified atom stereocenters. The Hall–Kier alpha value is -0.333. The minimum Gasteiger partial charge on any atom is -0.407 e. The van der Waals surface area contributed by atoms with Crippen molar-refractivity contribution in [3.63, 3.8) is 0 Å². The molecule has 0 aromatic heterocycles. The van der Waals surface area contributed by atoms with Crippen LogP contribution in [0.3, 0.4) is 0 Å². The Labute approximate surface area is 83.2 Å². The fourth-order valence-corrected chi connectivity index (χ4v) is 2.56. The standard InChI is InChI=1S/C10H21NOSi/c1-7-9(11-3)10(8-2)12-13(4,5)6/h9-10H,7-8H2,1-2,4-6H3/t9-,10-/m1/s1. The van der Waals surface area contributed by atoms with E-state index in [-0.39, 0.29) is 12.1 Å². The average Bonchev–Trinajstić information content (AvgIpc) is 2.02. The lowest BCUT2D eigenvalue weighted by molar-refractivity contribution is 0.170. The highest BCUT2D eigenvalue weighted by atomic mass is 28.4. The van der Waals surface area contributed by atoms with E-state index in [0.717, 1.165) is 12.8 Å². The second-order valence-electron chi connectivity index (χ2n) is 4.28. The van der Waals surface area contributed by atoms with Crippen LogP contribution in [0.15, 0.2) is 0 Å². The third kappa shape index (κ3) is 5.07. The van der Waals surface area contributed by atoms with E-state index in [4.69, 9.17) is 11.0 Å². The van der Waals surface area contributed by atoms with Crippen LogP contribution in [0.25, 0.3) is 4.85 Å². The summed E-state index contributed by atoms with van der Waals surface area (Å²) in [7, 11) is -1.48. The van der Waals surface area contributed by atoms with Crippen molar-refractivity contribution in [2.45, 2.75) is 58.5 Å². The van der Waals surface area contributed by atoms with Gasteiger partial charge in [0.05, 0.1) is 0 Å². The molecule has 0 saturated carbocycles. The normalized spacial score (nSPS) is 16.3. The van der Waals surface area contributed by atoms with Crippen LogP contribution in [-0.2, 0) is 4.43 Å². The Morgan fingerprint density at radius 3 is 2.00 bits per heavy atom. The van der Waals surface area contributed by atoms with Gasteiger partial charge < -0.3 is 9.27 Å². The maximum Gasteiger partial charge on any atom is 0.247 e. The molecule has 0 spiro atoms. The third-order valence-electron chi connectivity index (χ3n) is 1.92. The van der Waals surface area contributed by atoms with Gasteiger partial charge in [0.25, 0.3) is 0 Å². The quantitative estimate of drug-likeness (QED) is 0.489. The van der Waals surface area contributed by atoms with E-state index >= 15 is 0 Å². The molecule has 0 aliphatic carbocycles. The van der Waals surface area contributed by atoms with Gasteiger partial charge in [-0.25, -0.2) is 6.57 Å². The summed E-state index contributed by atoms with van der Waals surface area (Å²) in [6.07, 6.45) is 1.99. The monoisotopic (exact) mass is 199 g/mol. The van der Waals surface area contributed by atoms with Crippen LogP contribution < -0.4 is 0 Å². The van der Waals surface area contributed by atoms with E-state index in [9.17, 15) is 0 Å². The van der Waals surface area contributed by atoms with E-state index in [1.807, 2.05) is 0 Å². The van der Waals surface area contributed by atoms with Crippen LogP contribution >= 0.6 is 0 Å². The van der Waals surface area contributed by atoms with Crippen molar-refractivity contribution in [1.29, 1.82) is 0 Å². The minimum absolute atomic E-state index is 0.0525. The third-order valence-corrected chi connectivity index (χ3v) is 2.93. The maximum atomic E-state index is 7.06. The maximum absolute atomic E-state index is 7.06. The summed E-state index contributed by atoms with van der Waals surface area (Å²) in [6, 6.07) is 0.0525. The van der Waals surface area contributed by atoms with Gasteiger partial charge in [0.1, 0.15) is 6.10 Å². The van der Waals surface area contributed by atoms with Crippen molar-refractivity contribution in [2.75, 3.05) is 0 Å². The summed E-state index contributed by atoms with van der Waals surface area (Å²) in [4.78, 5) is 3.61. The second-order valence-corrected chi connectivity index (χ2v) is 8.74. The fourth-order valence-electron chi connectivity index (χ4n) is 1.33. The van der Waals surface area contributed by atoms with Crippen molar-refractivity contribution in [3.05, 3.63) is 11.4 Å². The van der Waals surface area contributed by atoms with Crippen LogP contribution in [0.4, 0.5) is 0 Å². The molecule has 0 radical (unpaired) electrons. The molecule has 2 nitrogen and oxygen atoms in total. The zero-order chi connectivity index (χ0) is 10.5. The molecule has 0 fully saturated rings. The Balaban J connectivity index is 4.26. The number of hydrogen-bond donors (Lipinski definition) is 0. The molecule has 0 aliphatic heterocycles. The van der Waals surface area contributed by atoms with Crippen LogP contribution in [-0.4, -0.2) is 20.5 Å². The van der Waals surface area contributed by atoms with Gasteiger partial charge in [-0.15, -0.1) is 0 Å². The highest BCUT2D eigenvalue weighted by molar-refractivity contribution is 6.69. The van der Waals surface area contributed by atoms with Crippen molar-refractivity contribution < 1.29 is 4.43 Å². The summed E-state index contributed by atoms with van der Waals surface area (Å²) in [5.74, 6) is 0. The van der Waals surface area contributed by atoms with E-state index in [1.165, 1.54) is 0 Å². The lowest BCUT2D eigenvalue weighted by atomic mass is 10.1. The molecule has 0 rings (SSSR count). The number of nitrogens with zero attached hydrogens (tertiary/aromatic N) is 1. The van der Waals surface area contributed by atoms with Crippen LogP contribution in [0.1, 0.15) is 26.7 Å². The van der Waals surface area contributed by atoms with Gasteiger partial charge in [0.15, 0.2) is 8.32 Å². The zero-order valence-electron chi connectivity index (χ0n) is 9.42. The van der Waals surface area contributed by atoms with E-state index < -0.39 is 8.32 Å². The smallest absolute Gasteiger partial charge is 0.247 e. The second kappa shape index (κ2) is 5.41. The molecule has 0 bridgehead atoms. The van der Waals surface area contributed by atoms with Crippen LogP contribution in [0.2, 0.25) is 19.6 Å². The summed E-state index contributed by atoms with van der Waals surface area (Å²) >= 11 is 0. The first kappa shape index (κ1) is 12.7. The zero-order valence-corrected chi connectivity index (χ0v) is 10.4. The molecule has 0 aromatic rings. The first-order valence-corrected chi connectivity index (χ1v) is 8.39. The lowest BCUT2D eigenvalue weighted by Crippen LogP contribution is -2.37. The average molecular weight is 199 g/mol. The van der Waals surface area contributed by atoms with Crippen molar-refractivity contribution in [3.8, 4) is 0 Å². The molecular weight excluding hydrogens is 178 g/mol. The summed E-state index contributed by atoms with van der Waals surface area (Å²) in [5, 5.41) is 0. The molecule has 2 atom stereocenters. The molecule has 3 heteroatoms. The van der Waals surface area contributed by atoms with Gasteiger partial charge in [-0.1, -0.05) is 13.8 Å². The SMILES string of the molecule is [C-]#[N+][C@H](CC)[C@@H](CC)O[Si](C)(C)C. The first-order valence-electron chi connectivity index (χ1n) is 4.99. The lowest BCUT2D eigenvalue weighted by Gasteiger charge is -2.25. The van der Waals surface area contributed by atoms with Gasteiger partial charge in [0.2, 0.25) is 6.04 Å². The Morgan fingerprint density at radius 1 is 1.23 bits per heavy atom. The van der Waals surface area contributed by atoms with E-state index in [2.05, 4.69) is 38.3 Å². The van der Waals surface area contributed by atoms with E-state index in [0.29, 0.717) is 0 Å². The largest absolute Gasteiger partial charge is 0.407 e. The Kier molecular flexibility index (Phi) is 5.27. The van der Waals surface area contributed by atoms with E-state index in [1.54, 1.807) is 0 Å². The first-order chi connectivity index (χ1) is 5.94. The number of hydrogen-bond acceptors (Lipinski definition) is 1. The van der Waals surface area contributed by atoms with Crippen molar-refractivity contribution >= 4 is 8.32 Å². The minimum atomic E-state index is -1.48. The van der Waals surface area contributed by atoms with Crippen molar-refractivity contribution in [2.24, 2.45) is 0 Å². The van der Waals surface area contributed by atoms with Gasteiger partial charge in [0, 0.05) is 6.42 Å². The van der Waals surface area contributed by atoms with Crippen molar-refractivity contribution in [1.82, 2.24) is 0 Å². The van der Waals surface area contributed by atoms with Gasteiger partial charge in [-0.2, -0.15) is 0 Å². The Bertz CT molecular complexity index is 180. The molecule has 0 aliphatic rings. The summed E-state index contributed by atoms with van der Waals surface area (Å²) < 4.78 is 5.96. The van der Waals surface area contributed by atoms with Gasteiger partial charge in [-0.3, -0.25) is 0 Å². The predicted octanol–water partition coefficient (Wildman–Crippen LogP) is 3.31. The fraction of sp³-hybridized carbons (Fsp3) is 0.900. The molecule has 13 heavy (non-hydrogen) atoms. The molecule has 0 amide bonds. The highest BCUT2D eigenvalue weighted by Crippen LogP contribution is 2.17. The predicted molar refractivity (Wildman–Crippen MR) is 59.2 cm³/mol. The Morgan fingerprint density at radius 2 is 1.77 bits per heavy atom. The highest BCUT2D eigenvalue weighted by Gasteiger charge is 2.28. The topological polar surface area (TPSA) is 13.6 Å². The van der Waals surface area contributed by atoms with Crippen LogP contribution in [0, 0.1) is 6.57 Å². The summed E-state index contributed by atoms with van der Waals surface area (Å²) in [6.45, 7) is 17.7. The molecule has 76 valence electrons. The van der Waals surface area contributed by atoms with Gasteiger partial charge in [-0.05, 0) is 26.1 Å². The summed E-state index contributed by atoms with van der Waals surface area (Å²) in [5.41, 5.74) is 0. The number of rotatable bonds is 5. The molecule has 0 N–H and O–H groups in total. The van der Waals surface area contributed by atoms with Gasteiger partial charge >= 0.3 is 0 Å². The molecular formula is C10H21NOSi.